The minimum atomic E-state index is 0.759. The predicted molar refractivity (Wildman–Crippen MR) is 147 cm³/mol. The first-order valence-corrected chi connectivity index (χ1v) is 12.4. The van der Waals surface area contributed by atoms with E-state index < -0.39 is 0 Å². The zero-order valence-electron chi connectivity index (χ0n) is 21.9. The summed E-state index contributed by atoms with van der Waals surface area (Å²) < 4.78 is 5.69. The molecular weight excluding hydrogens is 441 g/mol. The molecule has 0 spiro atoms. The molecule has 2 aromatic rings. The monoisotopic (exact) mass is 487 g/mol. The van der Waals surface area contributed by atoms with Gasteiger partial charge in [-0.25, -0.2) is 0 Å². The average Bonchev–Trinajstić information content (AvgIpc) is 2.85. The Bertz CT molecular complexity index is 595. The molecule has 0 aliphatic rings. The van der Waals surface area contributed by atoms with Crippen molar-refractivity contribution in [3.05, 3.63) is 64.1 Å². The van der Waals surface area contributed by atoms with Crippen LogP contribution in [0.2, 0.25) is 10.0 Å². The summed E-state index contributed by atoms with van der Waals surface area (Å²) in [6.07, 6.45) is 2.26. The maximum atomic E-state index is 8.00. The van der Waals surface area contributed by atoms with Crippen LogP contribution in [0.15, 0.2) is 48.5 Å². The molecule has 3 nitrogen and oxygen atoms in total. The normalized spacial score (nSPS) is 8.38. The van der Waals surface area contributed by atoms with Crippen molar-refractivity contribution in [2.45, 2.75) is 68.2 Å². The van der Waals surface area contributed by atoms with Crippen molar-refractivity contribution >= 4 is 30.0 Å². The number of nitrogens with zero attached hydrogens (tertiary/aromatic N) is 1. The summed E-state index contributed by atoms with van der Waals surface area (Å²) in [5.41, 5.74) is 1.06. The first-order valence-electron chi connectivity index (χ1n) is 11.6. The highest BCUT2D eigenvalue weighted by molar-refractivity contribution is 6.31. The van der Waals surface area contributed by atoms with Gasteiger partial charge in [-0.1, -0.05) is 89.9 Å². The van der Waals surface area contributed by atoms with Crippen molar-refractivity contribution in [1.29, 1.82) is 0 Å². The number of hydrogen-bond donors (Lipinski definition) is 0. The number of rotatable bonds is 7. The smallest absolute Gasteiger partial charge is 0.119 e. The van der Waals surface area contributed by atoms with Crippen LogP contribution < -0.4 is 4.74 Å². The number of carbonyl (C=O) groups is 1. The van der Waals surface area contributed by atoms with E-state index >= 15 is 0 Å². The van der Waals surface area contributed by atoms with E-state index in [0.717, 1.165) is 47.5 Å². The third-order valence-electron chi connectivity index (χ3n) is 3.42. The molecule has 0 N–H and O–H groups in total. The Labute approximate surface area is 209 Å². The molecule has 0 aromatic heterocycles. The van der Waals surface area contributed by atoms with Crippen LogP contribution in [0, 0.1) is 6.92 Å². The first-order chi connectivity index (χ1) is 15.5. The number of aryl methyl sites for hydroxylation is 1. The van der Waals surface area contributed by atoms with Crippen molar-refractivity contribution in [1.82, 2.24) is 4.90 Å². The molecule has 0 aliphatic carbocycles. The molecule has 0 bridgehead atoms. The molecule has 0 saturated heterocycles. The highest BCUT2D eigenvalue weighted by Gasteiger charge is 2.00. The van der Waals surface area contributed by atoms with Crippen molar-refractivity contribution in [3.8, 4) is 5.75 Å². The molecule has 5 heteroatoms. The van der Waals surface area contributed by atoms with Gasteiger partial charge in [-0.3, -0.25) is 0 Å². The Kier molecular flexibility index (Phi) is 37.3. The van der Waals surface area contributed by atoms with E-state index in [1.165, 1.54) is 6.42 Å². The van der Waals surface area contributed by atoms with Gasteiger partial charge >= 0.3 is 0 Å². The van der Waals surface area contributed by atoms with Gasteiger partial charge in [-0.15, -0.1) is 0 Å². The molecule has 0 heterocycles. The van der Waals surface area contributed by atoms with E-state index in [1.54, 1.807) is 0 Å². The molecule has 0 aliphatic heterocycles. The van der Waals surface area contributed by atoms with Crippen LogP contribution in [0.25, 0.3) is 0 Å². The second-order valence-electron chi connectivity index (χ2n) is 5.71. The summed E-state index contributed by atoms with van der Waals surface area (Å²) in [4.78, 5) is 10.3. The van der Waals surface area contributed by atoms with E-state index in [0.29, 0.717) is 0 Å². The quantitative estimate of drug-likeness (QED) is 0.364. The van der Waals surface area contributed by atoms with E-state index in [-0.39, 0.29) is 0 Å². The Morgan fingerprint density at radius 1 is 0.875 bits per heavy atom. The Balaban J connectivity index is -0.000000217. The Morgan fingerprint density at radius 2 is 1.41 bits per heavy atom. The lowest BCUT2D eigenvalue weighted by atomic mass is 10.2. The predicted octanol–water partition coefficient (Wildman–Crippen LogP) is 8.99. The molecule has 0 saturated carbocycles. The number of carbonyl (C=O) groups excluding carboxylic acids is 1. The van der Waals surface area contributed by atoms with Crippen molar-refractivity contribution < 1.29 is 9.53 Å². The van der Waals surface area contributed by atoms with Crippen LogP contribution >= 0.6 is 23.2 Å². The summed E-state index contributed by atoms with van der Waals surface area (Å²) in [6.45, 7) is 21.2. The highest BCUT2D eigenvalue weighted by Crippen LogP contribution is 2.21. The fraction of sp³-hybridized carbons (Fsp3) is 0.519. The van der Waals surface area contributed by atoms with Crippen LogP contribution in [-0.4, -0.2) is 38.4 Å². The number of hydrogen-bond acceptors (Lipinski definition) is 3. The molecule has 2 aromatic carbocycles. The van der Waals surface area contributed by atoms with Gasteiger partial charge in [-0.05, 0) is 69.3 Å². The summed E-state index contributed by atoms with van der Waals surface area (Å²) in [6, 6.07) is 15.2. The maximum absolute atomic E-state index is 8.00. The lowest BCUT2D eigenvalue weighted by Crippen LogP contribution is -2.21. The third-order valence-corrected chi connectivity index (χ3v) is 4.10. The second kappa shape index (κ2) is 31.6. The standard InChI is InChI=1S/C14H22ClNO.C6H5Cl.3C2H6.CH2O/c1-4-8-16(3)9-5-10-17-13-6-7-14(15)12(2)11-13;7-6-4-2-1-3-5-6;4*1-2/h6-7,11H,4-5,8-10H2,1-3H3;1-5H;3*1-2H3;1H2. The van der Waals surface area contributed by atoms with Crippen molar-refractivity contribution in [2.75, 3.05) is 26.7 Å². The van der Waals surface area contributed by atoms with Gasteiger partial charge < -0.3 is 14.4 Å². The van der Waals surface area contributed by atoms with Crippen molar-refractivity contribution in [3.63, 3.8) is 0 Å². The Hall–Kier alpha value is -1.55. The minimum absolute atomic E-state index is 0.759. The minimum Gasteiger partial charge on any atom is -0.494 e. The average molecular weight is 489 g/mol. The number of ether oxygens (including phenoxy) is 1. The molecule has 0 unspecified atom stereocenters. The largest absolute Gasteiger partial charge is 0.494 e. The van der Waals surface area contributed by atoms with Gasteiger partial charge in [0.25, 0.3) is 0 Å². The molecule has 2 rings (SSSR count). The molecule has 0 radical (unpaired) electrons. The zero-order chi connectivity index (χ0) is 25.8. The summed E-state index contributed by atoms with van der Waals surface area (Å²) in [5.74, 6) is 0.907. The zero-order valence-corrected chi connectivity index (χ0v) is 23.4. The molecular formula is C27H47Cl2NO2. The summed E-state index contributed by atoms with van der Waals surface area (Å²) in [5, 5.41) is 1.59. The highest BCUT2D eigenvalue weighted by atomic mass is 35.5. The van der Waals surface area contributed by atoms with E-state index in [4.69, 9.17) is 32.7 Å². The van der Waals surface area contributed by atoms with E-state index in [2.05, 4.69) is 18.9 Å². The van der Waals surface area contributed by atoms with Crippen LogP contribution in [0.4, 0.5) is 0 Å². The molecule has 32 heavy (non-hydrogen) atoms. The number of halogens is 2. The van der Waals surface area contributed by atoms with Gasteiger partial charge in [0.15, 0.2) is 0 Å². The lowest BCUT2D eigenvalue weighted by Gasteiger charge is -2.15. The van der Waals surface area contributed by atoms with Crippen LogP contribution in [-0.2, 0) is 4.79 Å². The Morgan fingerprint density at radius 3 is 1.81 bits per heavy atom. The fourth-order valence-corrected chi connectivity index (χ4v) is 2.40. The molecule has 186 valence electrons. The maximum Gasteiger partial charge on any atom is 0.119 e. The third kappa shape index (κ3) is 24.7. The lowest BCUT2D eigenvalue weighted by molar-refractivity contribution is -0.0979. The first kappa shape index (κ1) is 37.7. The van der Waals surface area contributed by atoms with Crippen LogP contribution in [0.3, 0.4) is 0 Å². The van der Waals surface area contributed by atoms with E-state index in [9.17, 15) is 0 Å². The molecule has 0 fully saturated rings. The number of benzene rings is 2. The van der Waals surface area contributed by atoms with Gasteiger partial charge in [-0.2, -0.15) is 0 Å². The second-order valence-corrected chi connectivity index (χ2v) is 6.56. The van der Waals surface area contributed by atoms with E-state index in [1.807, 2.05) is 104 Å². The topological polar surface area (TPSA) is 29.5 Å². The summed E-state index contributed by atoms with van der Waals surface area (Å²) in [7, 11) is 2.15. The summed E-state index contributed by atoms with van der Waals surface area (Å²) >= 11 is 11.5. The van der Waals surface area contributed by atoms with Gasteiger partial charge in [0.05, 0.1) is 6.61 Å². The van der Waals surface area contributed by atoms with Gasteiger partial charge in [0, 0.05) is 16.6 Å². The fourth-order valence-electron chi connectivity index (χ4n) is 2.14. The van der Waals surface area contributed by atoms with Gasteiger partial charge in [0.2, 0.25) is 0 Å². The van der Waals surface area contributed by atoms with Crippen molar-refractivity contribution in [2.24, 2.45) is 0 Å². The van der Waals surface area contributed by atoms with Gasteiger partial charge in [0.1, 0.15) is 12.5 Å². The molecule has 0 atom stereocenters. The molecule has 0 amide bonds. The van der Waals surface area contributed by atoms with Crippen LogP contribution in [0.1, 0.15) is 66.9 Å². The SMILES string of the molecule is C=O.CC.CC.CC.CCCN(C)CCCOc1ccc(Cl)c(C)c1.Clc1ccccc1. The van der Waals surface area contributed by atoms with Crippen LogP contribution in [0.5, 0.6) is 5.75 Å².